The first-order chi connectivity index (χ1) is 12.0. The van der Waals surface area contributed by atoms with Crippen molar-refractivity contribution < 1.29 is 8.78 Å². The Hall–Kier alpha value is -1.85. The molecule has 0 N–H and O–H groups in total. The van der Waals surface area contributed by atoms with Crippen LogP contribution in [0.25, 0.3) is 10.9 Å². The second-order valence-corrected chi connectivity index (χ2v) is 7.60. The molecule has 0 spiro atoms. The molecule has 6 heteroatoms. The van der Waals surface area contributed by atoms with Crippen LogP contribution >= 0.6 is 23.4 Å². The fourth-order valence-corrected chi connectivity index (χ4v) is 4.32. The normalized spacial score (nSPS) is 14.5. The summed E-state index contributed by atoms with van der Waals surface area (Å²) < 4.78 is 28.3. The molecule has 2 nitrogen and oxygen atoms in total. The van der Waals surface area contributed by atoms with E-state index in [9.17, 15) is 8.78 Å². The SMILES string of the molecule is Cc1cc2c(Cl)cc(N3CCSc4ccccc4C3)nc2c(F)c1F. The van der Waals surface area contributed by atoms with Gasteiger partial charge in [-0.1, -0.05) is 29.8 Å². The van der Waals surface area contributed by atoms with Crippen LogP contribution in [0, 0.1) is 18.6 Å². The van der Waals surface area contributed by atoms with Gasteiger partial charge >= 0.3 is 0 Å². The van der Waals surface area contributed by atoms with Crippen molar-refractivity contribution >= 4 is 40.1 Å². The summed E-state index contributed by atoms with van der Waals surface area (Å²) in [5.74, 6) is -0.357. The first kappa shape index (κ1) is 16.6. The van der Waals surface area contributed by atoms with Crippen LogP contribution in [0.15, 0.2) is 41.3 Å². The van der Waals surface area contributed by atoms with E-state index < -0.39 is 11.6 Å². The van der Waals surface area contributed by atoms with Crippen LogP contribution in [0.3, 0.4) is 0 Å². The van der Waals surface area contributed by atoms with Gasteiger partial charge < -0.3 is 4.90 Å². The van der Waals surface area contributed by atoms with Gasteiger partial charge in [0.15, 0.2) is 11.6 Å². The number of anilines is 1. The lowest BCUT2D eigenvalue weighted by molar-refractivity contribution is 0.510. The van der Waals surface area contributed by atoms with Gasteiger partial charge in [0.25, 0.3) is 0 Å². The van der Waals surface area contributed by atoms with E-state index in [4.69, 9.17) is 11.6 Å². The Morgan fingerprint density at radius 2 is 1.96 bits per heavy atom. The predicted molar refractivity (Wildman–Crippen MR) is 99.6 cm³/mol. The highest BCUT2D eigenvalue weighted by molar-refractivity contribution is 7.99. The number of aryl methyl sites for hydroxylation is 1. The molecular weight excluding hydrogens is 362 g/mol. The number of hydrogen-bond acceptors (Lipinski definition) is 3. The Balaban J connectivity index is 1.82. The smallest absolute Gasteiger partial charge is 0.185 e. The van der Waals surface area contributed by atoms with Gasteiger partial charge in [-0.2, -0.15) is 0 Å². The van der Waals surface area contributed by atoms with E-state index in [1.165, 1.54) is 17.4 Å². The van der Waals surface area contributed by atoms with Gasteiger partial charge in [-0.15, -0.1) is 11.8 Å². The maximum Gasteiger partial charge on any atom is 0.185 e. The van der Waals surface area contributed by atoms with Gasteiger partial charge in [0.1, 0.15) is 11.3 Å². The third-order valence-electron chi connectivity index (χ3n) is 4.38. The molecule has 3 aromatic rings. The third-order valence-corrected chi connectivity index (χ3v) is 5.79. The Labute approximate surface area is 153 Å². The van der Waals surface area contributed by atoms with Gasteiger partial charge in [0.2, 0.25) is 0 Å². The number of pyridine rings is 1. The molecule has 0 radical (unpaired) electrons. The molecule has 4 rings (SSSR count). The third kappa shape index (κ3) is 2.96. The molecule has 0 fully saturated rings. The monoisotopic (exact) mass is 376 g/mol. The topological polar surface area (TPSA) is 16.1 Å². The maximum atomic E-state index is 14.4. The Morgan fingerprint density at radius 3 is 2.80 bits per heavy atom. The molecule has 0 atom stereocenters. The fraction of sp³-hybridized carbons (Fsp3) is 0.211. The molecule has 2 aromatic carbocycles. The van der Waals surface area contributed by atoms with Gasteiger partial charge in [-0.25, -0.2) is 13.8 Å². The van der Waals surface area contributed by atoms with Crippen molar-refractivity contribution in [2.24, 2.45) is 0 Å². The second-order valence-electron chi connectivity index (χ2n) is 6.06. The van der Waals surface area contributed by atoms with E-state index in [1.807, 2.05) is 12.1 Å². The Morgan fingerprint density at radius 1 is 1.16 bits per heavy atom. The highest BCUT2D eigenvalue weighted by Crippen LogP contribution is 2.34. The summed E-state index contributed by atoms with van der Waals surface area (Å²) in [5.41, 5.74) is 1.40. The first-order valence-electron chi connectivity index (χ1n) is 7.95. The summed E-state index contributed by atoms with van der Waals surface area (Å²) in [7, 11) is 0. The molecule has 25 heavy (non-hydrogen) atoms. The lowest BCUT2D eigenvalue weighted by Crippen LogP contribution is -2.25. The van der Waals surface area contributed by atoms with Crippen LogP contribution in [0.1, 0.15) is 11.1 Å². The first-order valence-corrected chi connectivity index (χ1v) is 9.31. The minimum Gasteiger partial charge on any atom is -0.351 e. The average Bonchev–Trinajstić information content (AvgIpc) is 2.83. The summed E-state index contributed by atoms with van der Waals surface area (Å²) in [4.78, 5) is 7.69. The van der Waals surface area contributed by atoms with Gasteiger partial charge in [0.05, 0.1) is 5.02 Å². The van der Waals surface area contributed by atoms with E-state index in [0.29, 0.717) is 22.8 Å². The molecule has 0 aliphatic carbocycles. The van der Waals surface area contributed by atoms with Crippen molar-refractivity contribution in [2.75, 3.05) is 17.2 Å². The van der Waals surface area contributed by atoms with Crippen molar-refractivity contribution in [2.45, 2.75) is 18.4 Å². The van der Waals surface area contributed by atoms with E-state index >= 15 is 0 Å². The zero-order valence-electron chi connectivity index (χ0n) is 13.5. The molecule has 2 heterocycles. The average molecular weight is 377 g/mol. The van der Waals surface area contributed by atoms with Crippen LogP contribution in [-0.4, -0.2) is 17.3 Å². The van der Waals surface area contributed by atoms with Crippen LogP contribution in [0.4, 0.5) is 14.6 Å². The number of aromatic nitrogens is 1. The van der Waals surface area contributed by atoms with Crippen molar-refractivity contribution in [3.05, 3.63) is 64.2 Å². The maximum absolute atomic E-state index is 14.4. The van der Waals surface area contributed by atoms with Crippen molar-refractivity contribution in [1.82, 2.24) is 4.98 Å². The quantitative estimate of drug-likeness (QED) is 0.551. The predicted octanol–water partition coefficient (Wildman–Crippen LogP) is 5.59. The molecule has 1 aliphatic rings. The Bertz CT molecular complexity index is 977. The largest absolute Gasteiger partial charge is 0.351 e. The lowest BCUT2D eigenvalue weighted by atomic mass is 10.1. The zero-order valence-corrected chi connectivity index (χ0v) is 15.1. The number of thioether (sulfide) groups is 1. The summed E-state index contributed by atoms with van der Waals surface area (Å²) in [5, 5.41) is 0.818. The molecule has 1 aromatic heterocycles. The molecule has 0 amide bonds. The summed E-state index contributed by atoms with van der Waals surface area (Å²) in [6.45, 7) is 2.93. The number of rotatable bonds is 1. The molecule has 0 saturated heterocycles. The number of hydrogen-bond donors (Lipinski definition) is 0. The van der Waals surface area contributed by atoms with Gasteiger partial charge in [-0.3, -0.25) is 0 Å². The fourth-order valence-electron chi connectivity index (χ4n) is 3.06. The van der Waals surface area contributed by atoms with E-state index in [1.54, 1.807) is 23.9 Å². The van der Waals surface area contributed by atoms with Crippen molar-refractivity contribution in [1.29, 1.82) is 0 Å². The second kappa shape index (κ2) is 6.46. The number of fused-ring (bicyclic) bond motifs is 2. The van der Waals surface area contributed by atoms with E-state index in [2.05, 4.69) is 22.0 Å². The Kier molecular flexibility index (Phi) is 4.29. The van der Waals surface area contributed by atoms with Crippen LogP contribution in [0.2, 0.25) is 5.02 Å². The number of benzene rings is 2. The number of halogens is 3. The van der Waals surface area contributed by atoms with Crippen molar-refractivity contribution in [3.63, 3.8) is 0 Å². The minimum atomic E-state index is -0.941. The lowest BCUT2D eigenvalue weighted by Gasteiger charge is -2.22. The minimum absolute atomic E-state index is 0.0178. The summed E-state index contributed by atoms with van der Waals surface area (Å²) >= 11 is 8.14. The number of nitrogens with zero attached hydrogens (tertiary/aromatic N) is 2. The van der Waals surface area contributed by atoms with Crippen LogP contribution in [-0.2, 0) is 6.54 Å². The standard InChI is InChI=1S/C19H15ClF2N2S/c1-11-8-13-14(20)9-16(23-19(13)18(22)17(11)21)24-6-7-25-15-5-3-2-4-12(15)10-24/h2-5,8-9H,6-7,10H2,1H3. The van der Waals surface area contributed by atoms with Crippen molar-refractivity contribution in [3.8, 4) is 0 Å². The zero-order chi connectivity index (χ0) is 17.6. The van der Waals surface area contributed by atoms with Gasteiger partial charge in [-0.05, 0) is 36.2 Å². The molecule has 0 saturated carbocycles. The molecule has 128 valence electrons. The van der Waals surface area contributed by atoms with Crippen LogP contribution in [0.5, 0.6) is 0 Å². The highest BCUT2D eigenvalue weighted by Gasteiger charge is 2.20. The molecule has 0 unspecified atom stereocenters. The van der Waals surface area contributed by atoms with Gasteiger partial charge in [0, 0.05) is 29.1 Å². The highest BCUT2D eigenvalue weighted by atomic mass is 35.5. The molecular formula is C19H15ClF2N2S. The summed E-state index contributed by atoms with van der Waals surface area (Å²) in [6, 6.07) is 11.5. The summed E-state index contributed by atoms with van der Waals surface area (Å²) in [6.07, 6.45) is 0. The van der Waals surface area contributed by atoms with E-state index in [-0.39, 0.29) is 11.1 Å². The molecule has 1 aliphatic heterocycles. The van der Waals surface area contributed by atoms with Crippen LogP contribution < -0.4 is 4.90 Å². The molecule has 0 bridgehead atoms. The van der Waals surface area contributed by atoms with E-state index in [0.717, 1.165) is 12.3 Å².